The third-order valence-corrected chi connectivity index (χ3v) is 6.90. The van der Waals surface area contributed by atoms with Crippen LogP contribution in [0.5, 0.6) is 5.75 Å². The molecule has 188 valence electrons. The van der Waals surface area contributed by atoms with Crippen LogP contribution in [0.3, 0.4) is 0 Å². The number of nitrogens with zero attached hydrogens (tertiary/aromatic N) is 1. The van der Waals surface area contributed by atoms with Crippen molar-refractivity contribution in [3.05, 3.63) is 99.0 Å². The molecule has 0 radical (unpaired) electrons. The molecule has 0 saturated carbocycles. The standard InChI is InChI=1S/C28H28BrClN2O4/c29-25-8-2-1-6-22(25)18-28(27(34)31-14-13-20-5-3-7-23(30)17-20)19-36-26(32-28)21-9-11-24(12-10-21)35-16-4-15-33/h1-3,5-12,17,33H,4,13-16,18-19H2,(H,31,34)/t28-/m1/s1. The average molecular weight is 572 g/mol. The van der Waals surface area contributed by atoms with E-state index in [1.165, 1.54) is 0 Å². The van der Waals surface area contributed by atoms with Gasteiger partial charge in [-0.05, 0) is 60.0 Å². The highest BCUT2D eigenvalue weighted by Gasteiger charge is 2.44. The minimum Gasteiger partial charge on any atom is -0.494 e. The SMILES string of the molecule is O=C(NCCc1cccc(Cl)c1)[C@@]1(Cc2ccccc2Br)COC(c2ccc(OCCCO)cc2)=N1. The first-order chi connectivity index (χ1) is 17.5. The number of aliphatic imine (C=N–C) groups is 1. The van der Waals surface area contributed by atoms with Crippen LogP contribution in [0.1, 0.15) is 23.1 Å². The lowest BCUT2D eigenvalue weighted by atomic mass is 9.91. The van der Waals surface area contributed by atoms with Crippen molar-refractivity contribution in [2.45, 2.75) is 24.8 Å². The molecule has 1 aliphatic rings. The second-order valence-electron chi connectivity index (χ2n) is 8.59. The fraction of sp³-hybridized carbons (Fsp3) is 0.286. The minimum absolute atomic E-state index is 0.0868. The maximum absolute atomic E-state index is 13.5. The summed E-state index contributed by atoms with van der Waals surface area (Å²) in [5, 5.41) is 12.7. The fourth-order valence-corrected chi connectivity index (χ4v) is 4.60. The first-order valence-electron chi connectivity index (χ1n) is 11.8. The maximum atomic E-state index is 13.5. The molecule has 0 saturated heterocycles. The van der Waals surface area contributed by atoms with Crippen LogP contribution in [-0.2, 0) is 22.4 Å². The van der Waals surface area contributed by atoms with Crippen molar-refractivity contribution in [1.82, 2.24) is 5.32 Å². The van der Waals surface area contributed by atoms with Gasteiger partial charge in [-0.1, -0.05) is 57.9 Å². The smallest absolute Gasteiger partial charge is 0.251 e. The van der Waals surface area contributed by atoms with Crippen molar-refractivity contribution < 1.29 is 19.4 Å². The number of amides is 1. The summed E-state index contributed by atoms with van der Waals surface area (Å²) in [6.07, 6.45) is 1.62. The molecule has 0 fully saturated rings. The number of hydrogen-bond donors (Lipinski definition) is 2. The number of hydrogen-bond acceptors (Lipinski definition) is 5. The van der Waals surface area contributed by atoms with Gasteiger partial charge in [0.15, 0.2) is 5.54 Å². The molecule has 0 aliphatic carbocycles. The predicted molar refractivity (Wildman–Crippen MR) is 145 cm³/mol. The second-order valence-corrected chi connectivity index (χ2v) is 9.88. The number of halogens is 2. The summed E-state index contributed by atoms with van der Waals surface area (Å²) in [6, 6.07) is 22.8. The van der Waals surface area contributed by atoms with Crippen molar-refractivity contribution in [2.24, 2.45) is 4.99 Å². The van der Waals surface area contributed by atoms with Gasteiger partial charge in [-0.3, -0.25) is 4.79 Å². The van der Waals surface area contributed by atoms with Crippen molar-refractivity contribution in [3.8, 4) is 5.75 Å². The molecule has 3 aromatic carbocycles. The summed E-state index contributed by atoms with van der Waals surface area (Å²) in [6.45, 7) is 1.13. The van der Waals surface area contributed by atoms with E-state index in [0.29, 0.717) is 49.1 Å². The second kappa shape index (κ2) is 12.4. The number of nitrogens with one attached hydrogen (secondary N) is 1. The normalized spacial score (nSPS) is 16.8. The Labute approximate surface area is 224 Å². The Morgan fingerprint density at radius 2 is 1.94 bits per heavy atom. The van der Waals surface area contributed by atoms with Crippen LogP contribution in [0.4, 0.5) is 0 Å². The Morgan fingerprint density at radius 1 is 1.14 bits per heavy atom. The molecule has 1 atom stereocenters. The van der Waals surface area contributed by atoms with E-state index >= 15 is 0 Å². The molecule has 1 heterocycles. The first kappa shape index (κ1) is 26.2. The van der Waals surface area contributed by atoms with E-state index in [9.17, 15) is 4.79 Å². The topological polar surface area (TPSA) is 80.2 Å². The summed E-state index contributed by atoms with van der Waals surface area (Å²) >= 11 is 9.69. The van der Waals surface area contributed by atoms with Crippen LogP contribution in [0.25, 0.3) is 0 Å². The van der Waals surface area contributed by atoms with Crippen molar-refractivity contribution in [1.29, 1.82) is 0 Å². The molecule has 0 unspecified atom stereocenters. The van der Waals surface area contributed by atoms with Gasteiger partial charge in [-0.2, -0.15) is 0 Å². The largest absolute Gasteiger partial charge is 0.494 e. The third-order valence-electron chi connectivity index (χ3n) is 5.89. The summed E-state index contributed by atoms with van der Waals surface area (Å²) in [5.41, 5.74) is 1.70. The lowest BCUT2D eigenvalue weighted by Gasteiger charge is -2.24. The molecule has 1 aliphatic heterocycles. The van der Waals surface area contributed by atoms with Crippen LogP contribution in [-0.4, -0.2) is 48.8 Å². The van der Waals surface area contributed by atoms with Crippen LogP contribution in [0, 0.1) is 0 Å². The van der Waals surface area contributed by atoms with Crippen molar-refractivity contribution in [2.75, 3.05) is 26.4 Å². The first-order valence-corrected chi connectivity index (χ1v) is 13.0. The van der Waals surface area contributed by atoms with Gasteiger partial charge < -0.3 is 19.9 Å². The molecular weight excluding hydrogens is 544 g/mol. The number of aliphatic hydroxyl groups is 1. The lowest BCUT2D eigenvalue weighted by molar-refractivity contribution is -0.126. The highest BCUT2D eigenvalue weighted by molar-refractivity contribution is 9.10. The molecule has 4 rings (SSSR count). The zero-order chi connectivity index (χ0) is 25.4. The predicted octanol–water partition coefficient (Wildman–Crippen LogP) is 4.98. The van der Waals surface area contributed by atoms with E-state index < -0.39 is 5.54 Å². The number of carbonyl (C=O) groups is 1. The van der Waals surface area contributed by atoms with Crippen molar-refractivity contribution in [3.63, 3.8) is 0 Å². The van der Waals surface area contributed by atoms with E-state index in [0.717, 1.165) is 21.2 Å². The molecule has 3 aromatic rings. The van der Waals surface area contributed by atoms with Gasteiger partial charge in [0.25, 0.3) is 5.91 Å². The lowest BCUT2D eigenvalue weighted by Crippen LogP contribution is -2.49. The van der Waals surface area contributed by atoms with Gasteiger partial charge in [0.1, 0.15) is 12.4 Å². The zero-order valence-electron chi connectivity index (χ0n) is 19.8. The fourth-order valence-electron chi connectivity index (χ4n) is 3.96. The average Bonchev–Trinajstić information content (AvgIpc) is 3.31. The highest BCUT2D eigenvalue weighted by Crippen LogP contribution is 2.30. The van der Waals surface area contributed by atoms with Gasteiger partial charge in [0.2, 0.25) is 5.90 Å². The molecule has 1 amide bonds. The number of ether oxygens (including phenoxy) is 2. The van der Waals surface area contributed by atoms with Crippen LogP contribution >= 0.6 is 27.5 Å². The van der Waals surface area contributed by atoms with Gasteiger partial charge in [-0.15, -0.1) is 0 Å². The van der Waals surface area contributed by atoms with Gasteiger partial charge >= 0.3 is 0 Å². The number of aliphatic hydroxyl groups excluding tert-OH is 1. The summed E-state index contributed by atoms with van der Waals surface area (Å²) in [5.74, 6) is 0.942. The molecular formula is C28H28BrClN2O4. The Hall–Kier alpha value is -2.87. The molecule has 0 bridgehead atoms. The summed E-state index contributed by atoms with van der Waals surface area (Å²) in [7, 11) is 0. The molecule has 6 nitrogen and oxygen atoms in total. The van der Waals surface area contributed by atoms with E-state index in [2.05, 4.69) is 21.2 Å². The van der Waals surface area contributed by atoms with Crippen LogP contribution in [0.2, 0.25) is 5.02 Å². The van der Waals surface area contributed by atoms with E-state index in [1.54, 1.807) is 0 Å². The van der Waals surface area contributed by atoms with Crippen molar-refractivity contribution >= 4 is 39.3 Å². The van der Waals surface area contributed by atoms with E-state index in [-0.39, 0.29) is 19.1 Å². The van der Waals surface area contributed by atoms with Gasteiger partial charge in [0, 0.05) is 41.1 Å². The molecule has 0 spiro atoms. The Balaban J connectivity index is 1.52. The zero-order valence-corrected chi connectivity index (χ0v) is 22.1. The quantitative estimate of drug-likeness (QED) is 0.318. The summed E-state index contributed by atoms with van der Waals surface area (Å²) in [4.78, 5) is 18.4. The number of rotatable bonds is 11. The summed E-state index contributed by atoms with van der Waals surface area (Å²) < 4.78 is 12.5. The maximum Gasteiger partial charge on any atom is 0.251 e. The highest BCUT2D eigenvalue weighted by atomic mass is 79.9. The Kier molecular flexibility index (Phi) is 9.02. The Bertz CT molecular complexity index is 1220. The van der Waals surface area contributed by atoms with Crippen LogP contribution in [0.15, 0.2) is 82.3 Å². The minimum atomic E-state index is -1.09. The Morgan fingerprint density at radius 3 is 2.69 bits per heavy atom. The molecule has 2 N–H and O–H groups in total. The molecule has 36 heavy (non-hydrogen) atoms. The van der Waals surface area contributed by atoms with Gasteiger partial charge in [-0.25, -0.2) is 4.99 Å². The number of benzene rings is 3. The van der Waals surface area contributed by atoms with Crippen LogP contribution < -0.4 is 10.1 Å². The third kappa shape index (κ3) is 6.66. The van der Waals surface area contributed by atoms with E-state index in [4.69, 9.17) is 31.2 Å². The number of carbonyl (C=O) groups excluding carboxylic acids is 1. The van der Waals surface area contributed by atoms with Gasteiger partial charge in [0.05, 0.1) is 6.61 Å². The monoisotopic (exact) mass is 570 g/mol. The van der Waals surface area contributed by atoms with E-state index in [1.807, 2.05) is 72.8 Å². The molecule has 8 heteroatoms. The molecule has 0 aromatic heterocycles.